The zero-order chi connectivity index (χ0) is 13.8. The summed E-state index contributed by atoms with van der Waals surface area (Å²) in [7, 11) is 0. The number of aromatic nitrogens is 2. The third-order valence-corrected chi connectivity index (χ3v) is 3.90. The summed E-state index contributed by atoms with van der Waals surface area (Å²) in [5.74, 6) is 0.990. The van der Waals surface area contributed by atoms with E-state index in [0.29, 0.717) is 15.9 Å². The van der Waals surface area contributed by atoms with Gasteiger partial charge >= 0.3 is 0 Å². The van der Waals surface area contributed by atoms with E-state index in [2.05, 4.69) is 60.7 Å². The first-order chi connectivity index (χ1) is 9.11. The Morgan fingerprint density at radius 1 is 1.42 bits per heavy atom. The van der Waals surface area contributed by atoms with Crippen LogP contribution in [0.15, 0.2) is 28.9 Å². The van der Waals surface area contributed by atoms with Gasteiger partial charge in [-0.3, -0.25) is 0 Å². The number of hydrogen-bond donors (Lipinski definition) is 1. The minimum atomic E-state index is -0.317. The molecule has 0 saturated carbocycles. The van der Waals surface area contributed by atoms with Crippen LogP contribution in [0.1, 0.15) is 13.3 Å². The zero-order valence-electron chi connectivity index (χ0n) is 10.3. The summed E-state index contributed by atoms with van der Waals surface area (Å²) in [5, 5.41) is 3.24. The highest BCUT2D eigenvalue weighted by Gasteiger charge is 2.08. The van der Waals surface area contributed by atoms with Crippen LogP contribution in [0.3, 0.4) is 0 Å². The Hall–Kier alpha value is -0.760. The smallest absolute Gasteiger partial charge is 0.161 e. The number of halogens is 3. The summed E-state index contributed by atoms with van der Waals surface area (Å²) >= 11 is 5.31. The average Bonchev–Trinajstić information content (AvgIpc) is 2.41. The molecule has 0 bridgehead atoms. The maximum atomic E-state index is 13.5. The topological polar surface area (TPSA) is 37.8 Å². The van der Waals surface area contributed by atoms with Crippen LogP contribution in [-0.4, -0.2) is 16.5 Å². The van der Waals surface area contributed by atoms with E-state index < -0.39 is 0 Å². The molecular weight excluding hydrogens is 424 g/mol. The van der Waals surface area contributed by atoms with Crippen molar-refractivity contribution in [3.8, 4) is 11.4 Å². The predicted molar refractivity (Wildman–Crippen MR) is 86.6 cm³/mol. The fraction of sp³-hybridized carbons (Fsp3) is 0.231. The molecule has 2 rings (SSSR count). The molecule has 0 amide bonds. The van der Waals surface area contributed by atoms with Gasteiger partial charge in [0, 0.05) is 18.3 Å². The van der Waals surface area contributed by atoms with Gasteiger partial charge < -0.3 is 5.32 Å². The maximum absolute atomic E-state index is 13.5. The molecule has 1 heterocycles. The van der Waals surface area contributed by atoms with Crippen molar-refractivity contribution in [1.29, 1.82) is 0 Å². The second-order valence-electron chi connectivity index (χ2n) is 3.95. The van der Waals surface area contributed by atoms with Crippen LogP contribution < -0.4 is 5.32 Å². The van der Waals surface area contributed by atoms with Crippen LogP contribution in [0.25, 0.3) is 11.4 Å². The van der Waals surface area contributed by atoms with Gasteiger partial charge in [0.25, 0.3) is 0 Å². The van der Waals surface area contributed by atoms with E-state index in [4.69, 9.17) is 0 Å². The van der Waals surface area contributed by atoms with Crippen molar-refractivity contribution in [2.45, 2.75) is 13.3 Å². The van der Waals surface area contributed by atoms with Crippen molar-refractivity contribution >= 4 is 44.3 Å². The Kier molecular flexibility index (Phi) is 5.09. The van der Waals surface area contributed by atoms with E-state index >= 15 is 0 Å². The highest BCUT2D eigenvalue weighted by molar-refractivity contribution is 14.1. The molecular formula is C13H12BrFIN3. The third-order valence-electron chi connectivity index (χ3n) is 2.46. The normalized spacial score (nSPS) is 10.5. The molecule has 0 aliphatic rings. The first-order valence-corrected chi connectivity index (χ1v) is 7.71. The summed E-state index contributed by atoms with van der Waals surface area (Å²) in [6, 6.07) is 4.87. The third kappa shape index (κ3) is 3.62. The molecule has 0 unspecified atom stereocenters. The van der Waals surface area contributed by atoms with Crippen LogP contribution in [0.5, 0.6) is 0 Å². The van der Waals surface area contributed by atoms with Gasteiger partial charge in [-0.05, 0) is 63.1 Å². The van der Waals surface area contributed by atoms with Gasteiger partial charge in [-0.25, -0.2) is 14.4 Å². The molecule has 6 heteroatoms. The molecule has 2 aromatic rings. The standard InChI is InChI=1S/C13H12BrFIN3/c1-2-5-17-13-11(16)7-18-12(19-13)8-3-4-9(14)10(15)6-8/h3-4,6-7H,2,5H2,1H3,(H,17,18,19). The van der Waals surface area contributed by atoms with E-state index in [9.17, 15) is 4.39 Å². The largest absolute Gasteiger partial charge is 0.369 e. The lowest BCUT2D eigenvalue weighted by Crippen LogP contribution is -2.05. The second-order valence-corrected chi connectivity index (χ2v) is 5.96. The molecule has 0 fully saturated rings. The lowest BCUT2D eigenvalue weighted by atomic mass is 10.2. The summed E-state index contributed by atoms with van der Waals surface area (Å²) < 4.78 is 14.9. The molecule has 1 aromatic heterocycles. The molecule has 0 aliphatic heterocycles. The van der Waals surface area contributed by atoms with Crippen molar-refractivity contribution < 1.29 is 4.39 Å². The highest BCUT2D eigenvalue weighted by Crippen LogP contribution is 2.24. The van der Waals surface area contributed by atoms with E-state index in [0.717, 1.165) is 22.4 Å². The number of nitrogens with zero attached hydrogens (tertiary/aromatic N) is 2. The lowest BCUT2D eigenvalue weighted by Gasteiger charge is -2.08. The monoisotopic (exact) mass is 435 g/mol. The summed E-state index contributed by atoms with van der Waals surface area (Å²) in [5.41, 5.74) is 0.664. The van der Waals surface area contributed by atoms with Crippen LogP contribution in [0.4, 0.5) is 10.2 Å². The van der Waals surface area contributed by atoms with Crippen molar-refractivity contribution in [1.82, 2.24) is 9.97 Å². The summed E-state index contributed by atoms with van der Waals surface area (Å²) in [6.07, 6.45) is 2.75. The summed E-state index contributed by atoms with van der Waals surface area (Å²) in [4.78, 5) is 8.69. The van der Waals surface area contributed by atoms with Crippen LogP contribution >= 0.6 is 38.5 Å². The Morgan fingerprint density at radius 3 is 2.89 bits per heavy atom. The predicted octanol–water partition coefficient (Wildman–Crippen LogP) is 4.47. The summed E-state index contributed by atoms with van der Waals surface area (Å²) in [6.45, 7) is 2.94. The molecule has 1 N–H and O–H groups in total. The molecule has 100 valence electrons. The quantitative estimate of drug-likeness (QED) is 0.720. The molecule has 0 saturated heterocycles. The van der Waals surface area contributed by atoms with Crippen LogP contribution in [0, 0.1) is 9.39 Å². The molecule has 3 nitrogen and oxygen atoms in total. The SMILES string of the molecule is CCCNc1nc(-c2ccc(Br)c(F)c2)ncc1I. The number of rotatable bonds is 4. The highest BCUT2D eigenvalue weighted by atomic mass is 127. The van der Waals surface area contributed by atoms with Gasteiger partial charge in [-0.1, -0.05) is 6.92 Å². The fourth-order valence-corrected chi connectivity index (χ4v) is 2.21. The van der Waals surface area contributed by atoms with E-state index in [1.54, 1.807) is 18.3 Å². The first kappa shape index (κ1) is 14.6. The van der Waals surface area contributed by atoms with Crippen LogP contribution in [-0.2, 0) is 0 Å². The van der Waals surface area contributed by atoms with Gasteiger partial charge in [0.15, 0.2) is 5.82 Å². The van der Waals surface area contributed by atoms with Crippen molar-refractivity contribution in [2.75, 3.05) is 11.9 Å². The molecule has 0 atom stereocenters. The maximum Gasteiger partial charge on any atom is 0.161 e. The van der Waals surface area contributed by atoms with Gasteiger partial charge in [-0.2, -0.15) is 0 Å². The van der Waals surface area contributed by atoms with Crippen molar-refractivity contribution in [3.63, 3.8) is 0 Å². The van der Waals surface area contributed by atoms with Gasteiger partial charge in [0.2, 0.25) is 0 Å². The first-order valence-electron chi connectivity index (χ1n) is 5.83. The number of anilines is 1. The minimum absolute atomic E-state index is 0.317. The lowest BCUT2D eigenvalue weighted by molar-refractivity contribution is 0.621. The minimum Gasteiger partial charge on any atom is -0.369 e. The Bertz CT molecular complexity index is 592. The fourth-order valence-electron chi connectivity index (χ4n) is 1.51. The molecule has 0 aliphatic carbocycles. The van der Waals surface area contributed by atoms with E-state index in [1.807, 2.05) is 0 Å². The number of hydrogen-bond acceptors (Lipinski definition) is 3. The van der Waals surface area contributed by atoms with Gasteiger partial charge in [0.05, 0.1) is 8.04 Å². The molecule has 19 heavy (non-hydrogen) atoms. The van der Waals surface area contributed by atoms with Crippen LogP contribution in [0.2, 0.25) is 0 Å². The average molecular weight is 436 g/mol. The Balaban J connectivity index is 2.36. The van der Waals surface area contributed by atoms with Crippen molar-refractivity contribution in [3.05, 3.63) is 38.3 Å². The van der Waals surface area contributed by atoms with Gasteiger partial charge in [0.1, 0.15) is 11.6 Å². The molecule has 0 spiro atoms. The Labute approximate surface area is 133 Å². The number of nitrogens with one attached hydrogen (secondary N) is 1. The zero-order valence-corrected chi connectivity index (χ0v) is 14.0. The number of benzene rings is 1. The molecule has 0 radical (unpaired) electrons. The molecule has 1 aromatic carbocycles. The van der Waals surface area contributed by atoms with Crippen molar-refractivity contribution in [2.24, 2.45) is 0 Å². The Morgan fingerprint density at radius 2 is 2.21 bits per heavy atom. The van der Waals surface area contributed by atoms with Gasteiger partial charge in [-0.15, -0.1) is 0 Å². The van der Waals surface area contributed by atoms with E-state index in [1.165, 1.54) is 6.07 Å². The second kappa shape index (κ2) is 6.60. The van der Waals surface area contributed by atoms with E-state index in [-0.39, 0.29) is 5.82 Å².